The number of nitrogens with two attached hydrogens (primary N) is 1. The van der Waals surface area contributed by atoms with E-state index < -0.39 is 32.5 Å². The second kappa shape index (κ2) is 11.1. The predicted octanol–water partition coefficient (Wildman–Crippen LogP) is 6.14. The van der Waals surface area contributed by atoms with Crippen molar-refractivity contribution in [1.82, 2.24) is 14.8 Å². The Morgan fingerprint density at radius 3 is 2.40 bits per heavy atom. The van der Waals surface area contributed by atoms with E-state index in [9.17, 15) is 22.7 Å². The minimum Gasteiger partial charge on any atom is -0.476 e. The van der Waals surface area contributed by atoms with E-state index in [-0.39, 0.29) is 12.1 Å². The molecule has 0 spiro atoms. The molecule has 0 bridgehead atoms. The van der Waals surface area contributed by atoms with Crippen molar-refractivity contribution in [3.8, 4) is 27.5 Å². The van der Waals surface area contributed by atoms with Crippen molar-refractivity contribution in [3.05, 3.63) is 106 Å². The van der Waals surface area contributed by atoms with E-state index in [1.807, 2.05) is 31.2 Å². The summed E-state index contributed by atoms with van der Waals surface area (Å²) < 4.78 is 55.2. The van der Waals surface area contributed by atoms with Crippen molar-refractivity contribution in [2.75, 3.05) is 0 Å². The molecule has 3 aromatic carbocycles. The lowest BCUT2D eigenvalue weighted by Crippen LogP contribution is -2.14. The lowest BCUT2D eigenvalue weighted by molar-refractivity contribution is 0.0691. The van der Waals surface area contributed by atoms with Gasteiger partial charge in [-0.15, -0.1) is 11.3 Å². The molecule has 0 atom stereocenters. The number of rotatable bonds is 9. The fraction of sp³-hybridized carbons (Fsp3) is 0.194. The average Bonchev–Trinajstić information content (AvgIpc) is 3.51. The molecule has 0 unspecified atom stereocenters. The van der Waals surface area contributed by atoms with E-state index >= 15 is 4.39 Å². The van der Waals surface area contributed by atoms with Gasteiger partial charge in [0.25, 0.3) is 0 Å². The van der Waals surface area contributed by atoms with Gasteiger partial charge in [-0.3, -0.25) is 0 Å². The van der Waals surface area contributed by atoms with Crippen LogP contribution in [0.2, 0.25) is 0 Å². The highest BCUT2D eigenvalue weighted by molar-refractivity contribution is 7.89. The smallest absolute Gasteiger partial charge is 0.355 e. The van der Waals surface area contributed by atoms with Crippen LogP contribution >= 0.6 is 11.3 Å². The van der Waals surface area contributed by atoms with E-state index in [0.29, 0.717) is 45.4 Å². The second-order valence-electron chi connectivity index (χ2n) is 10.7. The molecular weight excluding hydrogens is 594 g/mol. The maximum absolute atomic E-state index is 15.1. The number of hydrogen-bond acceptors (Lipinski definition) is 6. The number of sulfonamides is 1. The number of primary sulfonamides is 1. The molecule has 1 fully saturated rings. The zero-order chi connectivity index (χ0) is 30.5. The number of aromatic nitrogens is 3. The normalized spacial score (nSPS) is 13.4. The number of carboxylic acids is 1. The largest absolute Gasteiger partial charge is 0.476 e. The van der Waals surface area contributed by atoms with E-state index in [4.69, 9.17) is 10.2 Å². The third-order valence-electron chi connectivity index (χ3n) is 7.45. The van der Waals surface area contributed by atoms with Crippen LogP contribution in [0.4, 0.5) is 8.78 Å². The Balaban J connectivity index is 1.54. The number of hydrogen-bond donors (Lipinski definition) is 2. The highest BCUT2D eigenvalue weighted by Gasteiger charge is 2.30. The predicted molar refractivity (Wildman–Crippen MR) is 159 cm³/mol. The standard InChI is InChI=1S/C31H26F2N4O4S2/c1-17-2-7-20(8-3-17)22-15-21(9-10-24(22)32)29-23(12-19-6-11-28(25(33)13-19)43(34,40)41)27(14-18-4-5-18)37(36-29)31-35-26(16-42-31)30(38)39/h2-3,6-11,13,15-16,18H,4-5,12,14H2,1H3,(H,38,39)(H2,34,40,41). The molecule has 2 aromatic heterocycles. The first-order chi connectivity index (χ1) is 20.5. The van der Waals surface area contributed by atoms with Crippen molar-refractivity contribution in [2.24, 2.45) is 11.1 Å². The molecule has 0 amide bonds. The van der Waals surface area contributed by atoms with Crippen LogP contribution in [0.3, 0.4) is 0 Å². The molecule has 220 valence electrons. The number of thiazole rings is 1. The third kappa shape index (κ3) is 5.99. The van der Waals surface area contributed by atoms with Gasteiger partial charge in [-0.25, -0.2) is 36.8 Å². The van der Waals surface area contributed by atoms with Crippen molar-refractivity contribution < 1.29 is 27.1 Å². The molecule has 8 nitrogen and oxygen atoms in total. The molecule has 1 aliphatic carbocycles. The summed E-state index contributed by atoms with van der Waals surface area (Å²) in [4.78, 5) is 15.3. The number of benzene rings is 3. The van der Waals surface area contributed by atoms with E-state index in [1.54, 1.807) is 16.8 Å². The summed E-state index contributed by atoms with van der Waals surface area (Å²) in [5, 5.41) is 21.3. The Morgan fingerprint density at radius 1 is 1.05 bits per heavy atom. The molecule has 1 saturated carbocycles. The number of nitrogens with zero attached hydrogens (tertiary/aromatic N) is 3. The Kier molecular flexibility index (Phi) is 7.45. The molecular formula is C31H26F2N4O4S2. The molecule has 1 aliphatic rings. The summed E-state index contributed by atoms with van der Waals surface area (Å²) in [6.07, 6.45) is 2.83. The molecule has 0 saturated heterocycles. The topological polar surface area (TPSA) is 128 Å². The lowest BCUT2D eigenvalue weighted by Gasteiger charge is -2.11. The van der Waals surface area contributed by atoms with Gasteiger partial charge in [0.1, 0.15) is 16.5 Å². The van der Waals surface area contributed by atoms with Crippen molar-refractivity contribution in [3.63, 3.8) is 0 Å². The average molecular weight is 621 g/mol. The SMILES string of the molecule is Cc1ccc(-c2cc(-c3nn(-c4nc(C(=O)O)cs4)c(CC4CC4)c3Cc3ccc(S(N)(=O)=O)c(F)c3)ccc2F)cc1. The minimum absolute atomic E-state index is 0.111. The van der Waals surface area contributed by atoms with Gasteiger partial charge in [-0.2, -0.15) is 5.10 Å². The summed E-state index contributed by atoms with van der Waals surface area (Å²) in [6, 6.07) is 16.0. The van der Waals surface area contributed by atoms with Gasteiger partial charge in [-0.05, 0) is 73.6 Å². The lowest BCUT2D eigenvalue weighted by atomic mass is 9.94. The first-order valence-corrected chi connectivity index (χ1v) is 15.9. The second-order valence-corrected chi connectivity index (χ2v) is 13.1. The van der Waals surface area contributed by atoms with Crippen LogP contribution in [0, 0.1) is 24.5 Å². The highest BCUT2D eigenvalue weighted by Crippen LogP contribution is 2.39. The highest BCUT2D eigenvalue weighted by atomic mass is 32.2. The van der Waals surface area contributed by atoms with Gasteiger partial charge in [0.15, 0.2) is 5.69 Å². The molecule has 2 heterocycles. The fourth-order valence-corrected chi connectivity index (χ4v) is 6.40. The first kappa shape index (κ1) is 28.8. The number of carboxylic acid groups (broad SMARTS) is 1. The van der Waals surface area contributed by atoms with Crippen LogP contribution in [0.1, 0.15) is 45.7 Å². The van der Waals surface area contributed by atoms with Crippen LogP contribution in [-0.4, -0.2) is 34.3 Å². The summed E-state index contributed by atoms with van der Waals surface area (Å²) in [5.41, 5.74) is 5.10. The molecule has 5 aromatic rings. The van der Waals surface area contributed by atoms with E-state index in [2.05, 4.69) is 4.98 Å². The first-order valence-electron chi connectivity index (χ1n) is 13.5. The van der Waals surface area contributed by atoms with E-state index in [0.717, 1.165) is 53.1 Å². The third-order valence-corrected chi connectivity index (χ3v) is 9.21. The number of carbonyl (C=O) groups is 1. The summed E-state index contributed by atoms with van der Waals surface area (Å²) in [7, 11) is -4.25. The van der Waals surface area contributed by atoms with E-state index in [1.165, 1.54) is 17.5 Å². The van der Waals surface area contributed by atoms with Crippen molar-refractivity contribution >= 4 is 27.3 Å². The van der Waals surface area contributed by atoms with Crippen molar-refractivity contribution in [2.45, 2.75) is 37.5 Å². The number of aryl methyl sites for hydroxylation is 1. The van der Waals surface area contributed by atoms with Gasteiger partial charge in [-0.1, -0.05) is 35.9 Å². The van der Waals surface area contributed by atoms with Gasteiger partial charge < -0.3 is 5.11 Å². The van der Waals surface area contributed by atoms with Gasteiger partial charge in [0.05, 0.1) is 11.4 Å². The van der Waals surface area contributed by atoms with Gasteiger partial charge in [0, 0.05) is 28.5 Å². The molecule has 6 rings (SSSR count). The van der Waals surface area contributed by atoms with Crippen LogP contribution in [0.15, 0.2) is 70.9 Å². The Morgan fingerprint density at radius 2 is 1.77 bits per heavy atom. The number of halogens is 2. The summed E-state index contributed by atoms with van der Waals surface area (Å²) >= 11 is 1.14. The number of aromatic carboxylic acids is 1. The zero-order valence-electron chi connectivity index (χ0n) is 22.9. The quantitative estimate of drug-likeness (QED) is 0.204. The van der Waals surface area contributed by atoms with Crippen LogP contribution in [0.25, 0.3) is 27.5 Å². The molecule has 3 N–H and O–H groups in total. The molecule has 0 aliphatic heterocycles. The van der Waals surface area contributed by atoms with Gasteiger partial charge >= 0.3 is 5.97 Å². The fourth-order valence-electron chi connectivity index (χ4n) is 5.04. The molecule has 43 heavy (non-hydrogen) atoms. The summed E-state index contributed by atoms with van der Waals surface area (Å²) in [6.45, 7) is 1.95. The maximum Gasteiger partial charge on any atom is 0.355 e. The maximum atomic E-state index is 15.1. The van der Waals surface area contributed by atoms with Crippen LogP contribution < -0.4 is 5.14 Å². The van der Waals surface area contributed by atoms with Crippen molar-refractivity contribution in [1.29, 1.82) is 0 Å². The monoisotopic (exact) mass is 620 g/mol. The molecule has 0 radical (unpaired) electrons. The molecule has 12 heteroatoms. The van der Waals surface area contributed by atoms with Crippen LogP contribution in [0.5, 0.6) is 0 Å². The summed E-state index contributed by atoms with van der Waals surface area (Å²) in [5.74, 6) is -2.14. The van der Waals surface area contributed by atoms with Crippen LogP contribution in [-0.2, 0) is 22.9 Å². The minimum atomic E-state index is -4.25. The Hall–Kier alpha value is -4.26. The zero-order valence-corrected chi connectivity index (χ0v) is 24.6. The Labute approximate surface area is 250 Å². The van der Waals surface area contributed by atoms with Gasteiger partial charge in [0.2, 0.25) is 15.2 Å². The Bertz CT molecular complexity index is 1980.